The molecule has 0 saturated carbocycles. The van der Waals surface area contributed by atoms with Gasteiger partial charge in [0, 0.05) is 6.54 Å². The molecule has 0 unspecified atom stereocenters. The van der Waals surface area contributed by atoms with Crippen LogP contribution in [-0.4, -0.2) is 25.5 Å². The lowest BCUT2D eigenvalue weighted by molar-refractivity contribution is 0.449. The third-order valence-electron chi connectivity index (χ3n) is 0.808. The smallest absolute Gasteiger partial charge is 0.0221 e. The minimum absolute atomic E-state index is 0.906. The minimum Gasteiger partial charge on any atom is -0.305 e. The summed E-state index contributed by atoms with van der Waals surface area (Å²) >= 11 is 0. The van der Waals surface area contributed by atoms with E-state index in [-0.39, 0.29) is 0 Å². The Bertz CT molecular complexity index is 92.6. The minimum atomic E-state index is 0.906. The fraction of sp³-hybridized carbons (Fsp3) is 0.429. The van der Waals surface area contributed by atoms with E-state index in [0.29, 0.717) is 0 Å². The zero-order chi connectivity index (χ0) is 6.57. The van der Waals surface area contributed by atoms with Crippen LogP contribution >= 0.6 is 0 Å². The SMILES string of the molecule is C=CC(=C)CN(C)C. The van der Waals surface area contributed by atoms with Gasteiger partial charge in [0.25, 0.3) is 0 Å². The van der Waals surface area contributed by atoms with Crippen LogP contribution in [0.2, 0.25) is 0 Å². The second-order valence-corrected chi connectivity index (χ2v) is 2.10. The predicted molar refractivity (Wildman–Crippen MR) is 37.9 cm³/mol. The first-order valence-electron chi connectivity index (χ1n) is 2.61. The second kappa shape index (κ2) is 3.44. The summed E-state index contributed by atoms with van der Waals surface area (Å²) in [6.45, 7) is 8.25. The van der Waals surface area contributed by atoms with E-state index in [1.807, 2.05) is 14.1 Å². The molecule has 0 amide bonds. The first-order chi connectivity index (χ1) is 3.66. The molecule has 0 fully saturated rings. The van der Waals surface area contributed by atoms with Gasteiger partial charge in [-0.3, -0.25) is 0 Å². The average molecular weight is 111 g/mol. The molecule has 0 atom stereocenters. The van der Waals surface area contributed by atoms with Crippen molar-refractivity contribution in [2.75, 3.05) is 20.6 Å². The van der Waals surface area contributed by atoms with Gasteiger partial charge in [0.15, 0.2) is 0 Å². The van der Waals surface area contributed by atoms with E-state index < -0.39 is 0 Å². The van der Waals surface area contributed by atoms with Crippen LogP contribution in [0.3, 0.4) is 0 Å². The number of hydrogen-bond acceptors (Lipinski definition) is 1. The van der Waals surface area contributed by atoms with Crippen molar-refractivity contribution in [2.45, 2.75) is 0 Å². The van der Waals surface area contributed by atoms with E-state index in [4.69, 9.17) is 0 Å². The number of hydrogen-bond donors (Lipinski definition) is 0. The summed E-state index contributed by atoms with van der Waals surface area (Å²) in [5.41, 5.74) is 1.06. The third-order valence-corrected chi connectivity index (χ3v) is 0.808. The van der Waals surface area contributed by atoms with Crippen LogP contribution in [0, 0.1) is 0 Å². The highest BCUT2D eigenvalue weighted by molar-refractivity contribution is 5.12. The summed E-state index contributed by atoms with van der Waals surface area (Å²) in [6, 6.07) is 0. The molecule has 0 spiro atoms. The van der Waals surface area contributed by atoms with Crippen molar-refractivity contribution in [3.05, 3.63) is 24.8 Å². The highest BCUT2D eigenvalue weighted by Crippen LogP contribution is 1.90. The van der Waals surface area contributed by atoms with Crippen LogP contribution in [-0.2, 0) is 0 Å². The number of rotatable bonds is 3. The van der Waals surface area contributed by atoms with Crippen LogP contribution in [0.4, 0.5) is 0 Å². The van der Waals surface area contributed by atoms with Crippen LogP contribution in [0.25, 0.3) is 0 Å². The average Bonchev–Trinajstić information content (AvgIpc) is 1.65. The molecule has 0 aromatic carbocycles. The molecule has 0 N–H and O–H groups in total. The molecule has 0 heterocycles. The maximum atomic E-state index is 3.75. The van der Waals surface area contributed by atoms with Gasteiger partial charge in [0.1, 0.15) is 0 Å². The van der Waals surface area contributed by atoms with Gasteiger partial charge in [-0.15, -0.1) is 0 Å². The van der Waals surface area contributed by atoms with Crippen molar-refractivity contribution in [1.29, 1.82) is 0 Å². The van der Waals surface area contributed by atoms with Crippen molar-refractivity contribution >= 4 is 0 Å². The van der Waals surface area contributed by atoms with Crippen molar-refractivity contribution < 1.29 is 0 Å². The molecule has 0 aliphatic carbocycles. The van der Waals surface area contributed by atoms with Gasteiger partial charge >= 0.3 is 0 Å². The summed E-state index contributed by atoms with van der Waals surface area (Å²) in [6.07, 6.45) is 1.78. The van der Waals surface area contributed by atoms with Crippen molar-refractivity contribution in [1.82, 2.24) is 4.90 Å². The van der Waals surface area contributed by atoms with Crippen molar-refractivity contribution in [2.24, 2.45) is 0 Å². The summed E-state index contributed by atoms with van der Waals surface area (Å²) in [5.74, 6) is 0. The van der Waals surface area contributed by atoms with Gasteiger partial charge < -0.3 is 4.90 Å². The quantitative estimate of drug-likeness (QED) is 0.496. The van der Waals surface area contributed by atoms with Gasteiger partial charge in [-0.1, -0.05) is 19.2 Å². The van der Waals surface area contributed by atoms with Gasteiger partial charge in [-0.05, 0) is 19.7 Å². The van der Waals surface area contributed by atoms with Crippen LogP contribution in [0.5, 0.6) is 0 Å². The molecular weight excluding hydrogens is 98.1 g/mol. The first kappa shape index (κ1) is 7.44. The molecule has 0 aliphatic rings. The number of likely N-dealkylation sites (N-methyl/N-ethyl adjacent to an activating group) is 1. The maximum Gasteiger partial charge on any atom is 0.0221 e. The molecule has 8 heavy (non-hydrogen) atoms. The molecule has 0 aromatic rings. The van der Waals surface area contributed by atoms with Crippen molar-refractivity contribution in [3.8, 4) is 0 Å². The lowest BCUT2D eigenvalue weighted by Gasteiger charge is -2.07. The lowest BCUT2D eigenvalue weighted by Crippen LogP contribution is -2.13. The topological polar surface area (TPSA) is 3.24 Å². The number of nitrogens with zero attached hydrogens (tertiary/aromatic N) is 1. The van der Waals surface area contributed by atoms with E-state index in [1.165, 1.54) is 0 Å². The Morgan fingerprint density at radius 3 is 2.25 bits per heavy atom. The first-order valence-corrected chi connectivity index (χ1v) is 2.61. The molecule has 0 radical (unpaired) electrons. The Balaban J connectivity index is 3.39. The van der Waals surface area contributed by atoms with E-state index in [1.54, 1.807) is 6.08 Å². The standard InChI is InChI=1S/C7H13N/c1-5-7(2)6-8(3)4/h5H,1-2,6H2,3-4H3. The maximum absolute atomic E-state index is 3.75. The fourth-order valence-corrected chi connectivity index (χ4v) is 0.471. The molecule has 1 heteroatoms. The van der Waals surface area contributed by atoms with E-state index in [9.17, 15) is 0 Å². The van der Waals surface area contributed by atoms with Crippen LogP contribution < -0.4 is 0 Å². The molecule has 0 bridgehead atoms. The molecule has 46 valence electrons. The summed E-state index contributed by atoms with van der Waals surface area (Å²) in [7, 11) is 4.02. The largest absolute Gasteiger partial charge is 0.305 e. The Morgan fingerprint density at radius 2 is 2.12 bits per heavy atom. The molecule has 1 nitrogen and oxygen atoms in total. The Labute approximate surface area is 51.3 Å². The highest BCUT2D eigenvalue weighted by atomic mass is 15.0. The molecule has 0 saturated heterocycles. The van der Waals surface area contributed by atoms with Gasteiger partial charge in [0.2, 0.25) is 0 Å². The van der Waals surface area contributed by atoms with Crippen LogP contribution in [0.1, 0.15) is 0 Å². The normalized spacial score (nSPS) is 9.38. The Hall–Kier alpha value is -0.560. The zero-order valence-electron chi connectivity index (χ0n) is 5.65. The monoisotopic (exact) mass is 111 g/mol. The summed E-state index contributed by atoms with van der Waals surface area (Å²) in [4.78, 5) is 2.06. The molecule has 0 aliphatic heterocycles. The zero-order valence-corrected chi connectivity index (χ0v) is 5.65. The van der Waals surface area contributed by atoms with Crippen molar-refractivity contribution in [3.63, 3.8) is 0 Å². The van der Waals surface area contributed by atoms with E-state index in [0.717, 1.165) is 12.1 Å². The van der Waals surface area contributed by atoms with E-state index >= 15 is 0 Å². The summed E-state index contributed by atoms with van der Waals surface area (Å²) in [5, 5.41) is 0. The Kier molecular flexibility index (Phi) is 3.20. The highest BCUT2D eigenvalue weighted by Gasteiger charge is 1.87. The van der Waals surface area contributed by atoms with Crippen LogP contribution in [0.15, 0.2) is 24.8 Å². The summed E-state index contributed by atoms with van der Waals surface area (Å²) < 4.78 is 0. The molecule has 0 aromatic heterocycles. The molecule has 0 rings (SSSR count). The lowest BCUT2D eigenvalue weighted by atomic mass is 10.3. The molecular formula is C7H13N. The fourth-order valence-electron chi connectivity index (χ4n) is 0.471. The predicted octanol–water partition coefficient (Wildman–Crippen LogP) is 1.29. The van der Waals surface area contributed by atoms with Gasteiger partial charge in [0.05, 0.1) is 0 Å². The third kappa shape index (κ3) is 3.62. The van der Waals surface area contributed by atoms with E-state index in [2.05, 4.69) is 18.1 Å². The Morgan fingerprint density at radius 1 is 1.62 bits per heavy atom. The second-order valence-electron chi connectivity index (χ2n) is 2.10. The van der Waals surface area contributed by atoms with Gasteiger partial charge in [-0.25, -0.2) is 0 Å². The van der Waals surface area contributed by atoms with Gasteiger partial charge in [-0.2, -0.15) is 0 Å².